The Labute approximate surface area is 159 Å². The Bertz CT molecular complexity index is 583. The van der Waals surface area contributed by atoms with Crippen LogP contribution in [0.3, 0.4) is 0 Å². The first-order chi connectivity index (χ1) is 11.4. The number of oxime groups is 1. The van der Waals surface area contributed by atoms with Gasteiger partial charge >= 0.3 is 0 Å². The van der Waals surface area contributed by atoms with Crippen LogP contribution in [0.4, 0.5) is 4.39 Å². The van der Waals surface area contributed by atoms with Gasteiger partial charge in [0.2, 0.25) is 0 Å². The summed E-state index contributed by atoms with van der Waals surface area (Å²) in [5.74, 6) is 0.331. The number of hydrogen-bond donors (Lipinski definition) is 0. The molecule has 0 aliphatic carbocycles. The van der Waals surface area contributed by atoms with Gasteiger partial charge in [-0.15, -0.1) is 0 Å². The van der Waals surface area contributed by atoms with Crippen LogP contribution in [0, 0.1) is 5.82 Å². The number of nitrogens with zero attached hydrogens (tertiary/aromatic N) is 1. The highest BCUT2D eigenvalue weighted by molar-refractivity contribution is 9.28. The minimum Gasteiger partial charge on any atom is -0.490 e. The molecule has 0 unspecified atom stereocenters. The van der Waals surface area contributed by atoms with E-state index in [0.717, 1.165) is 14.7 Å². The molecule has 0 aliphatic heterocycles. The molecule has 4 nitrogen and oxygen atoms in total. The van der Waals surface area contributed by atoms with Crippen LogP contribution in [-0.4, -0.2) is 25.5 Å². The fourth-order valence-corrected chi connectivity index (χ4v) is 2.07. The first-order valence-electron chi connectivity index (χ1n) is 7.66. The molecule has 0 fully saturated rings. The second kappa shape index (κ2) is 11.5. The SMILES string of the molecule is CCc1cc(OCC=C(Br)Br)cc(F)c1OCCCON=C(C)C. The van der Waals surface area contributed by atoms with Crippen molar-refractivity contribution in [2.45, 2.75) is 33.6 Å². The zero-order valence-corrected chi connectivity index (χ0v) is 17.2. The molecule has 1 rings (SSSR count). The van der Waals surface area contributed by atoms with E-state index in [1.807, 2.05) is 20.8 Å². The third-order valence-electron chi connectivity index (χ3n) is 2.84. The Balaban J connectivity index is 2.60. The van der Waals surface area contributed by atoms with Gasteiger partial charge in [-0.2, -0.15) is 0 Å². The summed E-state index contributed by atoms with van der Waals surface area (Å²) >= 11 is 6.48. The molecule has 0 heterocycles. The predicted molar refractivity (Wildman–Crippen MR) is 102 cm³/mol. The van der Waals surface area contributed by atoms with Crippen molar-refractivity contribution < 1.29 is 18.7 Å². The molecule has 0 atom stereocenters. The number of aryl methyl sites for hydroxylation is 1. The Hall–Kier alpha value is -1.08. The van der Waals surface area contributed by atoms with E-state index in [-0.39, 0.29) is 5.75 Å². The lowest BCUT2D eigenvalue weighted by atomic mass is 10.1. The van der Waals surface area contributed by atoms with Gasteiger partial charge in [-0.3, -0.25) is 0 Å². The summed E-state index contributed by atoms with van der Waals surface area (Å²) in [6, 6.07) is 3.14. The lowest BCUT2D eigenvalue weighted by Gasteiger charge is -2.13. The van der Waals surface area contributed by atoms with E-state index in [0.29, 0.717) is 38.4 Å². The first-order valence-corrected chi connectivity index (χ1v) is 9.25. The molecule has 0 aliphatic rings. The standard InChI is InChI=1S/C17H22Br2FNO3/c1-4-13-10-14(22-9-6-16(18)19)11-15(20)17(13)23-7-5-8-24-21-12(2)3/h6,10-11H,4-5,7-9H2,1-3H3. The van der Waals surface area contributed by atoms with E-state index in [2.05, 4.69) is 37.0 Å². The first kappa shape index (κ1) is 21.0. The van der Waals surface area contributed by atoms with Crippen LogP contribution in [0.1, 0.15) is 32.8 Å². The highest BCUT2D eigenvalue weighted by atomic mass is 79.9. The van der Waals surface area contributed by atoms with Gasteiger partial charge in [0.1, 0.15) is 19.0 Å². The maximum atomic E-state index is 14.3. The summed E-state index contributed by atoms with van der Waals surface area (Å²) in [7, 11) is 0. The van der Waals surface area contributed by atoms with Crippen LogP contribution < -0.4 is 9.47 Å². The maximum Gasteiger partial charge on any atom is 0.169 e. The van der Waals surface area contributed by atoms with Gasteiger partial charge in [-0.1, -0.05) is 12.1 Å². The van der Waals surface area contributed by atoms with Crippen molar-refractivity contribution in [2.75, 3.05) is 19.8 Å². The lowest BCUT2D eigenvalue weighted by molar-refractivity contribution is 0.126. The predicted octanol–water partition coefficient (Wildman–Crippen LogP) is 5.58. The highest BCUT2D eigenvalue weighted by Gasteiger charge is 2.12. The average molecular weight is 467 g/mol. The summed E-state index contributed by atoms with van der Waals surface area (Å²) in [4.78, 5) is 5.08. The van der Waals surface area contributed by atoms with Gasteiger partial charge in [0.15, 0.2) is 11.6 Å². The molecule has 1 aromatic carbocycles. The summed E-state index contributed by atoms with van der Waals surface area (Å²) in [6.45, 7) is 6.79. The molecule has 0 spiro atoms. The maximum absolute atomic E-state index is 14.3. The molecule has 134 valence electrons. The van der Waals surface area contributed by atoms with E-state index < -0.39 is 5.82 Å². The zero-order valence-electron chi connectivity index (χ0n) is 14.1. The molecular formula is C17H22Br2FNO3. The molecular weight excluding hydrogens is 445 g/mol. The van der Waals surface area contributed by atoms with Crippen molar-refractivity contribution in [3.05, 3.63) is 33.0 Å². The van der Waals surface area contributed by atoms with E-state index in [1.54, 1.807) is 12.1 Å². The van der Waals surface area contributed by atoms with Crippen molar-refractivity contribution in [1.82, 2.24) is 0 Å². The number of halogens is 3. The monoisotopic (exact) mass is 465 g/mol. The Morgan fingerprint density at radius 2 is 1.96 bits per heavy atom. The molecule has 0 aromatic heterocycles. The minimum atomic E-state index is -0.422. The van der Waals surface area contributed by atoms with Crippen LogP contribution in [0.15, 0.2) is 26.8 Å². The van der Waals surface area contributed by atoms with E-state index in [4.69, 9.17) is 14.3 Å². The minimum absolute atomic E-state index is 0.275. The average Bonchev–Trinajstić information content (AvgIpc) is 2.51. The number of ether oxygens (including phenoxy) is 2. The molecule has 24 heavy (non-hydrogen) atoms. The summed E-state index contributed by atoms with van der Waals surface area (Å²) in [6.07, 6.45) is 3.06. The van der Waals surface area contributed by atoms with Gasteiger partial charge < -0.3 is 14.3 Å². The molecule has 0 bridgehead atoms. The third kappa shape index (κ3) is 8.15. The van der Waals surface area contributed by atoms with Crippen LogP contribution in [-0.2, 0) is 11.3 Å². The molecule has 0 radical (unpaired) electrons. The van der Waals surface area contributed by atoms with Gasteiger partial charge in [0.05, 0.1) is 15.7 Å². The molecule has 0 N–H and O–H groups in total. The fourth-order valence-electron chi connectivity index (χ4n) is 1.80. The highest BCUT2D eigenvalue weighted by Crippen LogP contribution is 2.29. The fraction of sp³-hybridized carbons (Fsp3) is 0.471. The Kier molecular flexibility index (Phi) is 10.0. The number of hydrogen-bond acceptors (Lipinski definition) is 4. The largest absolute Gasteiger partial charge is 0.490 e. The Morgan fingerprint density at radius 1 is 1.21 bits per heavy atom. The van der Waals surface area contributed by atoms with Gasteiger partial charge in [0, 0.05) is 18.1 Å². The molecule has 7 heteroatoms. The van der Waals surface area contributed by atoms with Crippen LogP contribution in [0.25, 0.3) is 0 Å². The van der Waals surface area contributed by atoms with E-state index >= 15 is 0 Å². The topological polar surface area (TPSA) is 40.0 Å². The van der Waals surface area contributed by atoms with Crippen molar-refractivity contribution in [2.24, 2.45) is 5.16 Å². The summed E-state index contributed by atoms with van der Waals surface area (Å²) < 4.78 is 26.1. The molecule has 0 amide bonds. The lowest BCUT2D eigenvalue weighted by Crippen LogP contribution is -2.06. The second-order valence-electron chi connectivity index (χ2n) is 5.13. The van der Waals surface area contributed by atoms with Crippen molar-refractivity contribution in [3.8, 4) is 11.5 Å². The molecule has 0 saturated carbocycles. The van der Waals surface area contributed by atoms with E-state index in [9.17, 15) is 4.39 Å². The summed E-state index contributed by atoms with van der Waals surface area (Å²) in [5, 5.41) is 3.83. The number of benzene rings is 1. The molecule has 0 saturated heterocycles. The van der Waals surface area contributed by atoms with Crippen molar-refractivity contribution >= 4 is 37.6 Å². The van der Waals surface area contributed by atoms with E-state index in [1.165, 1.54) is 6.07 Å². The van der Waals surface area contributed by atoms with Crippen molar-refractivity contribution in [3.63, 3.8) is 0 Å². The van der Waals surface area contributed by atoms with Gasteiger partial charge in [0.25, 0.3) is 0 Å². The summed E-state index contributed by atoms with van der Waals surface area (Å²) in [5.41, 5.74) is 1.63. The smallest absolute Gasteiger partial charge is 0.169 e. The normalized spacial score (nSPS) is 10.1. The zero-order chi connectivity index (χ0) is 17.9. The second-order valence-corrected chi connectivity index (χ2v) is 7.90. The van der Waals surface area contributed by atoms with Gasteiger partial charge in [-0.05, 0) is 64.3 Å². The van der Waals surface area contributed by atoms with Crippen LogP contribution >= 0.6 is 31.9 Å². The van der Waals surface area contributed by atoms with Gasteiger partial charge in [-0.25, -0.2) is 4.39 Å². The van der Waals surface area contributed by atoms with Crippen LogP contribution in [0.2, 0.25) is 0 Å². The Morgan fingerprint density at radius 3 is 2.58 bits per heavy atom. The third-order valence-corrected chi connectivity index (χ3v) is 3.48. The number of rotatable bonds is 10. The van der Waals surface area contributed by atoms with Crippen molar-refractivity contribution in [1.29, 1.82) is 0 Å². The van der Waals surface area contributed by atoms with Crippen LogP contribution in [0.5, 0.6) is 11.5 Å². The quantitative estimate of drug-likeness (QED) is 0.256. The molecule has 1 aromatic rings.